The Balaban J connectivity index is 1.94. The average Bonchev–Trinajstić information content (AvgIpc) is 2.77. The van der Waals surface area contributed by atoms with Crippen LogP contribution in [0, 0.1) is 20.8 Å². The maximum Gasteiger partial charge on any atom is 0.264 e. The van der Waals surface area contributed by atoms with E-state index < -0.39 is 10.0 Å². The highest BCUT2D eigenvalue weighted by Crippen LogP contribution is 2.28. The van der Waals surface area contributed by atoms with Crippen molar-refractivity contribution in [3.05, 3.63) is 94.5 Å². The lowest BCUT2D eigenvalue weighted by atomic mass is 10.0. The van der Waals surface area contributed by atoms with Crippen LogP contribution in [0.3, 0.4) is 0 Å². The van der Waals surface area contributed by atoms with E-state index in [4.69, 9.17) is 0 Å². The topological polar surface area (TPSA) is 66.5 Å². The van der Waals surface area contributed by atoms with Gasteiger partial charge in [0.2, 0.25) is 5.91 Å². The Morgan fingerprint density at radius 3 is 2.21 bits per heavy atom. The van der Waals surface area contributed by atoms with Gasteiger partial charge in [-0.2, -0.15) is 0 Å². The molecule has 0 fully saturated rings. The lowest BCUT2D eigenvalue weighted by Gasteiger charge is -2.27. The fraction of sp³-hybridized carbons (Fsp3) is 0.296. The number of amides is 1. The molecule has 0 saturated heterocycles. The molecule has 3 aromatic rings. The number of aryl methyl sites for hydroxylation is 4. The second-order valence-corrected chi connectivity index (χ2v) is 10.3. The molecule has 6 heteroatoms. The van der Waals surface area contributed by atoms with Crippen LogP contribution < -0.4 is 9.62 Å². The molecule has 0 aromatic heterocycles. The van der Waals surface area contributed by atoms with Gasteiger partial charge in [-0.15, -0.1) is 0 Å². The van der Waals surface area contributed by atoms with Gasteiger partial charge in [0.25, 0.3) is 10.0 Å². The summed E-state index contributed by atoms with van der Waals surface area (Å²) in [6.07, 6.45) is 0.649. The minimum atomic E-state index is -3.94. The molecular formula is C27H32N2O3S. The number of rotatable bonds is 8. The summed E-state index contributed by atoms with van der Waals surface area (Å²) in [4.78, 5) is 13.3. The van der Waals surface area contributed by atoms with Crippen molar-refractivity contribution in [2.75, 3.05) is 10.8 Å². The molecule has 0 saturated carbocycles. The molecule has 1 N–H and O–H groups in total. The van der Waals surface area contributed by atoms with Crippen LogP contribution in [0.15, 0.2) is 71.6 Å². The third-order valence-electron chi connectivity index (χ3n) is 5.81. The smallest absolute Gasteiger partial charge is 0.264 e. The fourth-order valence-corrected chi connectivity index (χ4v) is 5.46. The maximum atomic E-state index is 13.6. The largest absolute Gasteiger partial charge is 0.348 e. The molecule has 0 aliphatic heterocycles. The van der Waals surface area contributed by atoms with Gasteiger partial charge in [0.05, 0.1) is 16.6 Å². The van der Waals surface area contributed by atoms with E-state index in [-0.39, 0.29) is 23.4 Å². The van der Waals surface area contributed by atoms with Gasteiger partial charge >= 0.3 is 0 Å². The standard InChI is InChI=1S/C27H32N2O3S/c1-6-23-9-7-8-10-26(23)29(33(31,32)24-14-11-19(2)12-15-24)18-27(30)28-22(5)25-16-13-20(3)17-21(25)4/h7-17,22H,6,18H2,1-5H3,(H,28,30). The van der Waals surface area contributed by atoms with Crippen LogP contribution in [-0.2, 0) is 21.2 Å². The van der Waals surface area contributed by atoms with Crippen LogP contribution in [-0.4, -0.2) is 20.9 Å². The number of para-hydroxylation sites is 1. The summed E-state index contributed by atoms with van der Waals surface area (Å²) in [5, 5.41) is 2.98. The molecule has 1 atom stereocenters. The van der Waals surface area contributed by atoms with Crippen molar-refractivity contribution in [1.82, 2.24) is 5.32 Å². The van der Waals surface area contributed by atoms with Gasteiger partial charge in [-0.05, 0) is 69.0 Å². The van der Waals surface area contributed by atoms with Gasteiger partial charge in [-0.1, -0.05) is 66.6 Å². The normalized spacial score (nSPS) is 12.3. The summed E-state index contributed by atoms with van der Waals surface area (Å²) in [6.45, 7) is 9.52. The number of anilines is 1. The summed E-state index contributed by atoms with van der Waals surface area (Å²) in [6, 6.07) is 19.9. The molecule has 3 rings (SSSR count). The van der Waals surface area contributed by atoms with E-state index in [1.807, 2.05) is 58.9 Å². The molecule has 0 heterocycles. The van der Waals surface area contributed by atoms with Crippen LogP contribution in [0.25, 0.3) is 0 Å². The van der Waals surface area contributed by atoms with E-state index in [1.54, 1.807) is 36.4 Å². The highest BCUT2D eigenvalue weighted by Gasteiger charge is 2.29. The number of carbonyl (C=O) groups excluding carboxylic acids is 1. The molecule has 0 aliphatic rings. The van der Waals surface area contributed by atoms with Crippen LogP contribution >= 0.6 is 0 Å². The van der Waals surface area contributed by atoms with Gasteiger partial charge in [-0.25, -0.2) is 8.42 Å². The number of nitrogens with one attached hydrogen (secondary N) is 1. The van der Waals surface area contributed by atoms with Crippen LogP contribution in [0.2, 0.25) is 0 Å². The Labute approximate surface area is 197 Å². The highest BCUT2D eigenvalue weighted by atomic mass is 32.2. The fourth-order valence-electron chi connectivity index (χ4n) is 4.00. The zero-order chi connectivity index (χ0) is 24.2. The number of hydrogen-bond donors (Lipinski definition) is 1. The van der Waals surface area contributed by atoms with E-state index in [1.165, 1.54) is 4.31 Å². The summed E-state index contributed by atoms with van der Waals surface area (Å²) in [5.41, 5.74) is 5.60. The number of benzene rings is 3. The van der Waals surface area contributed by atoms with Crippen molar-refractivity contribution in [3.8, 4) is 0 Å². The van der Waals surface area contributed by atoms with Crippen molar-refractivity contribution < 1.29 is 13.2 Å². The molecule has 0 bridgehead atoms. The number of nitrogens with zero attached hydrogens (tertiary/aromatic N) is 1. The van der Waals surface area contributed by atoms with Crippen molar-refractivity contribution in [3.63, 3.8) is 0 Å². The third kappa shape index (κ3) is 5.63. The van der Waals surface area contributed by atoms with Crippen molar-refractivity contribution in [2.24, 2.45) is 0 Å². The maximum absolute atomic E-state index is 13.6. The first-order valence-corrected chi connectivity index (χ1v) is 12.6. The minimum absolute atomic E-state index is 0.161. The monoisotopic (exact) mass is 464 g/mol. The lowest BCUT2D eigenvalue weighted by Crippen LogP contribution is -2.42. The van der Waals surface area contributed by atoms with Gasteiger partial charge in [-0.3, -0.25) is 9.10 Å². The SMILES string of the molecule is CCc1ccccc1N(CC(=O)NC(C)c1ccc(C)cc1C)S(=O)(=O)c1ccc(C)cc1. The highest BCUT2D eigenvalue weighted by molar-refractivity contribution is 7.92. The zero-order valence-corrected chi connectivity index (χ0v) is 20.7. The summed E-state index contributed by atoms with van der Waals surface area (Å²) < 4.78 is 28.5. The predicted octanol–water partition coefficient (Wildman–Crippen LogP) is 5.25. The van der Waals surface area contributed by atoms with E-state index in [0.717, 1.165) is 27.8 Å². The first-order valence-electron chi connectivity index (χ1n) is 11.2. The Hall–Kier alpha value is -3.12. The Kier molecular flexibility index (Phi) is 7.59. The molecule has 0 aliphatic carbocycles. The molecular weight excluding hydrogens is 432 g/mol. The molecule has 3 aromatic carbocycles. The third-order valence-corrected chi connectivity index (χ3v) is 7.58. The first-order chi connectivity index (χ1) is 15.6. The van der Waals surface area contributed by atoms with Gasteiger partial charge < -0.3 is 5.32 Å². The first kappa shape index (κ1) is 24.5. The Bertz CT molecular complexity index is 1230. The van der Waals surface area contributed by atoms with Crippen LogP contribution in [0.4, 0.5) is 5.69 Å². The average molecular weight is 465 g/mol. The van der Waals surface area contributed by atoms with Gasteiger partial charge in [0.1, 0.15) is 6.54 Å². The Morgan fingerprint density at radius 1 is 0.939 bits per heavy atom. The van der Waals surface area contributed by atoms with Crippen LogP contribution in [0.5, 0.6) is 0 Å². The molecule has 0 spiro atoms. The predicted molar refractivity (Wildman–Crippen MR) is 134 cm³/mol. The van der Waals surface area contributed by atoms with Crippen molar-refractivity contribution in [1.29, 1.82) is 0 Å². The van der Waals surface area contributed by atoms with E-state index in [9.17, 15) is 13.2 Å². The molecule has 174 valence electrons. The second kappa shape index (κ2) is 10.2. The van der Waals surface area contributed by atoms with Crippen molar-refractivity contribution >= 4 is 21.6 Å². The number of hydrogen-bond acceptors (Lipinski definition) is 3. The quantitative estimate of drug-likeness (QED) is 0.495. The van der Waals surface area contributed by atoms with E-state index in [2.05, 4.69) is 11.4 Å². The second-order valence-electron chi connectivity index (χ2n) is 8.46. The van der Waals surface area contributed by atoms with Crippen LogP contribution in [0.1, 0.15) is 47.7 Å². The molecule has 1 amide bonds. The van der Waals surface area contributed by atoms with E-state index in [0.29, 0.717) is 12.1 Å². The van der Waals surface area contributed by atoms with Gasteiger partial charge in [0.15, 0.2) is 0 Å². The Morgan fingerprint density at radius 2 is 1.58 bits per heavy atom. The number of sulfonamides is 1. The molecule has 0 radical (unpaired) electrons. The van der Waals surface area contributed by atoms with Gasteiger partial charge in [0, 0.05) is 0 Å². The van der Waals surface area contributed by atoms with Crippen molar-refractivity contribution in [2.45, 2.75) is 52.0 Å². The molecule has 5 nitrogen and oxygen atoms in total. The zero-order valence-electron chi connectivity index (χ0n) is 19.9. The molecule has 1 unspecified atom stereocenters. The molecule has 33 heavy (non-hydrogen) atoms. The minimum Gasteiger partial charge on any atom is -0.348 e. The summed E-state index contributed by atoms with van der Waals surface area (Å²) >= 11 is 0. The lowest BCUT2D eigenvalue weighted by molar-refractivity contribution is -0.120. The summed E-state index contributed by atoms with van der Waals surface area (Å²) in [5.74, 6) is -0.357. The van der Waals surface area contributed by atoms with E-state index >= 15 is 0 Å². The summed E-state index contributed by atoms with van der Waals surface area (Å²) in [7, 11) is -3.94. The number of carbonyl (C=O) groups is 1.